The van der Waals surface area contributed by atoms with Crippen molar-refractivity contribution in [3.63, 3.8) is 0 Å². The van der Waals surface area contributed by atoms with E-state index in [-0.39, 0.29) is 11.5 Å². The number of methoxy groups -OCH3 is 1. The fourth-order valence-electron chi connectivity index (χ4n) is 4.52. The van der Waals surface area contributed by atoms with E-state index in [0.717, 1.165) is 10.9 Å². The van der Waals surface area contributed by atoms with Crippen LogP contribution in [0, 0.1) is 0 Å². The second-order valence-corrected chi connectivity index (χ2v) is 6.87. The van der Waals surface area contributed by atoms with E-state index in [1.54, 1.807) is 31.4 Å². The van der Waals surface area contributed by atoms with Crippen molar-refractivity contribution in [3.8, 4) is 23.0 Å². The summed E-state index contributed by atoms with van der Waals surface area (Å²) in [7, 11) is 1.56. The summed E-state index contributed by atoms with van der Waals surface area (Å²) in [6.45, 7) is 0. The second-order valence-electron chi connectivity index (χ2n) is 6.87. The molecule has 1 spiro atoms. The first-order chi connectivity index (χ1) is 12.6. The lowest BCUT2D eigenvalue weighted by Crippen LogP contribution is -2.36. The topological polar surface area (TPSA) is 79.2 Å². The Labute approximate surface area is 150 Å². The highest BCUT2D eigenvalue weighted by Crippen LogP contribution is 2.58. The van der Waals surface area contributed by atoms with Crippen molar-refractivity contribution in [2.24, 2.45) is 0 Å². The van der Waals surface area contributed by atoms with Gasteiger partial charge in [0.25, 0.3) is 0 Å². The standard InChI is InChI=1S/C21H18O5/c1-25-16-7-5-12-18-17(8-6-14(23)19(16)18)26-21(12)10-9-13(22)11-3-2-4-15(24)20(11)21/h2-8,13,22-24H,9-10H2,1H3/t13-,21-/m1/s1. The molecule has 0 fully saturated rings. The van der Waals surface area contributed by atoms with Gasteiger partial charge < -0.3 is 24.8 Å². The minimum Gasteiger partial charge on any atom is -0.507 e. The van der Waals surface area contributed by atoms with Crippen molar-refractivity contribution in [3.05, 3.63) is 59.2 Å². The van der Waals surface area contributed by atoms with Crippen LogP contribution in [-0.2, 0) is 5.60 Å². The van der Waals surface area contributed by atoms with Crippen LogP contribution in [0.1, 0.15) is 35.6 Å². The van der Waals surface area contributed by atoms with Gasteiger partial charge in [-0.05, 0) is 42.7 Å². The van der Waals surface area contributed by atoms with Gasteiger partial charge in [-0.2, -0.15) is 0 Å². The minimum absolute atomic E-state index is 0.0993. The normalized spacial score (nSPS) is 23.1. The molecular formula is C21H18O5. The Morgan fingerprint density at radius 3 is 2.69 bits per heavy atom. The second kappa shape index (κ2) is 5.05. The summed E-state index contributed by atoms with van der Waals surface area (Å²) in [5.41, 5.74) is 1.26. The predicted octanol–water partition coefficient (Wildman–Crippen LogP) is 3.72. The molecule has 0 bridgehead atoms. The highest BCUT2D eigenvalue weighted by Gasteiger charge is 2.50. The van der Waals surface area contributed by atoms with E-state index < -0.39 is 11.7 Å². The molecule has 0 saturated carbocycles. The van der Waals surface area contributed by atoms with E-state index in [2.05, 4.69) is 0 Å². The molecule has 2 atom stereocenters. The highest BCUT2D eigenvalue weighted by molar-refractivity contribution is 6.02. The van der Waals surface area contributed by atoms with Crippen LogP contribution in [0.15, 0.2) is 42.5 Å². The van der Waals surface area contributed by atoms with Gasteiger partial charge in [0, 0.05) is 16.5 Å². The number of rotatable bonds is 1. The molecule has 2 aliphatic rings. The zero-order valence-corrected chi connectivity index (χ0v) is 14.2. The molecule has 0 saturated heterocycles. The van der Waals surface area contributed by atoms with Crippen molar-refractivity contribution in [2.75, 3.05) is 7.11 Å². The fraction of sp³-hybridized carbons (Fsp3) is 0.238. The Kier molecular flexibility index (Phi) is 2.98. The molecule has 26 heavy (non-hydrogen) atoms. The first-order valence-electron chi connectivity index (χ1n) is 8.59. The summed E-state index contributed by atoms with van der Waals surface area (Å²) in [5, 5.41) is 32.9. The molecule has 1 aliphatic heterocycles. The molecule has 3 aromatic rings. The number of aliphatic hydroxyl groups excluding tert-OH is 1. The molecule has 5 rings (SSSR count). The maximum atomic E-state index is 10.6. The van der Waals surface area contributed by atoms with E-state index in [9.17, 15) is 15.3 Å². The lowest BCUT2D eigenvalue weighted by molar-refractivity contribution is 0.0562. The molecule has 0 aromatic heterocycles. The van der Waals surface area contributed by atoms with Gasteiger partial charge in [0.05, 0.1) is 18.6 Å². The molecule has 5 heteroatoms. The van der Waals surface area contributed by atoms with Crippen LogP contribution >= 0.6 is 0 Å². The number of phenolic OH excluding ortho intramolecular Hbond substituents is 2. The number of hydrogen-bond acceptors (Lipinski definition) is 5. The Morgan fingerprint density at radius 1 is 1.04 bits per heavy atom. The first kappa shape index (κ1) is 15.3. The Bertz CT molecular complexity index is 1060. The van der Waals surface area contributed by atoms with Crippen LogP contribution in [0.4, 0.5) is 0 Å². The maximum absolute atomic E-state index is 10.6. The van der Waals surface area contributed by atoms with E-state index in [1.807, 2.05) is 18.2 Å². The van der Waals surface area contributed by atoms with Gasteiger partial charge in [0.15, 0.2) is 5.60 Å². The Hall–Kier alpha value is -2.92. The van der Waals surface area contributed by atoms with Crippen molar-refractivity contribution < 1.29 is 24.8 Å². The molecular weight excluding hydrogens is 332 g/mol. The summed E-state index contributed by atoms with van der Waals surface area (Å²) in [6.07, 6.45) is 0.400. The molecule has 3 N–H and O–H groups in total. The van der Waals surface area contributed by atoms with E-state index in [1.165, 1.54) is 0 Å². The van der Waals surface area contributed by atoms with Crippen LogP contribution in [0.2, 0.25) is 0 Å². The Balaban J connectivity index is 1.88. The Morgan fingerprint density at radius 2 is 1.88 bits per heavy atom. The van der Waals surface area contributed by atoms with Crippen molar-refractivity contribution >= 4 is 10.8 Å². The molecule has 0 unspecified atom stereocenters. The maximum Gasteiger partial charge on any atom is 0.164 e. The van der Waals surface area contributed by atoms with Gasteiger partial charge >= 0.3 is 0 Å². The number of ether oxygens (including phenoxy) is 2. The predicted molar refractivity (Wildman–Crippen MR) is 95.9 cm³/mol. The third kappa shape index (κ3) is 1.73. The van der Waals surface area contributed by atoms with Crippen molar-refractivity contribution in [2.45, 2.75) is 24.5 Å². The number of benzene rings is 3. The average molecular weight is 350 g/mol. The number of phenols is 2. The van der Waals surface area contributed by atoms with E-state index in [0.29, 0.717) is 40.9 Å². The van der Waals surface area contributed by atoms with Gasteiger partial charge in [-0.3, -0.25) is 0 Å². The monoisotopic (exact) mass is 350 g/mol. The number of hydrogen-bond donors (Lipinski definition) is 3. The van der Waals surface area contributed by atoms with Crippen LogP contribution < -0.4 is 9.47 Å². The largest absolute Gasteiger partial charge is 0.507 e. The summed E-state index contributed by atoms with van der Waals surface area (Å²) in [4.78, 5) is 0. The summed E-state index contributed by atoms with van der Waals surface area (Å²) >= 11 is 0. The molecule has 0 amide bonds. The third-order valence-electron chi connectivity index (χ3n) is 5.61. The number of aromatic hydroxyl groups is 2. The van der Waals surface area contributed by atoms with Gasteiger partial charge in [-0.1, -0.05) is 18.2 Å². The zero-order chi connectivity index (χ0) is 18.1. The highest BCUT2D eigenvalue weighted by atomic mass is 16.5. The minimum atomic E-state index is -0.888. The van der Waals surface area contributed by atoms with Gasteiger partial charge in [-0.25, -0.2) is 0 Å². The molecule has 5 nitrogen and oxygen atoms in total. The molecule has 3 aromatic carbocycles. The molecule has 0 radical (unpaired) electrons. The molecule has 132 valence electrons. The zero-order valence-electron chi connectivity index (χ0n) is 14.2. The van der Waals surface area contributed by atoms with Crippen molar-refractivity contribution in [1.82, 2.24) is 0 Å². The number of fused-ring (bicyclic) bond motifs is 3. The summed E-state index contributed by atoms with van der Waals surface area (Å²) in [5.74, 6) is 1.42. The van der Waals surface area contributed by atoms with E-state index >= 15 is 0 Å². The lowest BCUT2D eigenvalue weighted by atomic mass is 9.73. The molecule has 1 heterocycles. The van der Waals surface area contributed by atoms with Crippen LogP contribution in [-0.4, -0.2) is 22.4 Å². The smallest absolute Gasteiger partial charge is 0.164 e. The summed E-state index contributed by atoms with van der Waals surface area (Å²) < 4.78 is 11.9. The van der Waals surface area contributed by atoms with Gasteiger partial charge in [0.2, 0.25) is 0 Å². The average Bonchev–Trinajstić information content (AvgIpc) is 2.96. The SMILES string of the molecule is COc1ccc2c3c(ccc(O)c13)O[C@]21CC[C@@H](O)c2cccc(O)c21. The van der Waals surface area contributed by atoms with Gasteiger partial charge in [-0.15, -0.1) is 0 Å². The summed E-state index contributed by atoms with van der Waals surface area (Å²) in [6, 6.07) is 12.2. The quantitative estimate of drug-likeness (QED) is 0.623. The fourth-order valence-corrected chi connectivity index (χ4v) is 4.52. The molecule has 1 aliphatic carbocycles. The van der Waals surface area contributed by atoms with E-state index in [4.69, 9.17) is 9.47 Å². The van der Waals surface area contributed by atoms with Crippen LogP contribution in [0.25, 0.3) is 10.8 Å². The third-order valence-corrected chi connectivity index (χ3v) is 5.61. The lowest BCUT2D eigenvalue weighted by Gasteiger charge is -2.38. The van der Waals surface area contributed by atoms with Crippen LogP contribution in [0.3, 0.4) is 0 Å². The van der Waals surface area contributed by atoms with Crippen LogP contribution in [0.5, 0.6) is 23.0 Å². The first-order valence-corrected chi connectivity index (χ1v) is 8.59. The number of aliphatic hydroxyl groups is 1. The van der Waals surface area contributed by atoms with Crippen molar-refractivity contribution in [1.29, 1.82) is 0 Å². The van der Waals surface area contributed by atoms with Gasteiger partial charge in [0.1, 0.15) is 23.0 Å².